The van der Waals surface area contributed by atoms with E-state index in [1.54, 1.807) is 24.3 Å². The molecule has 0 aliphatic carbocycles. The first-order chi connectivity index (χ1) is 11.0. The predicted octanol–water partition coefficient (Wildman–Crippen LogP) is 4.53. The third kappa shape index (κ3) is 3.49. The fourth-order valence-electron chi connectivity index (χ4n) is 2.15. The molecule has 2 N–H and O–H groups in total. The smallest absolute Gasteiger partial charge is 0.265 e. The van der Waals surface area contributed by atoms with E-state index >= 15 is 0 Å². The molecule has 0 saturated carbocycles. The molecule has 2 heterocycles. The summed E-state index contributed by atoms with van der Waals surface area (Å²) in [7, 11) is 0. The lowest BCUT2D eigenvalue weighted by molar-refractivity contribution is 0.280. The minimum Gasteiger partial charge on any atom is -0.391 e. The molecule has 0 saturated heterocycles. The van der Waals surface area contributed by atoms with Crippen molar-refractivity contribution in [2.24, 2.45) is 0 Å². The van der Waals surface area contributed by atoms with Crippen molar-refractivity contribution in [3.05, 3.63) is 67.5 Å². The van der Waals surface area contributed by atoms with Crippen molar-refractivity contribution >= 4 is 52.0 Å². The number of aliphatic hydroxyl groups is 1. The number of aliphatic hydroxyl groups excluding tert-OH is 1. The molecule has 126 valence electrons. The summed E-state index contributed by atoms with van der Waals surface area (Å²) >= 11 is 18.0. The quantitative estimate of drug-likeness (QED) is 0.694. The highest BCUT2D eigenvalue weighted by Gasteiger charge is 2.15. The van der Waals surface area contributed by atoms with Gasteiger partial charge in [0.2, 0.25) is 0 Å². The lowest BCUT2D eigenvalue weighted by Crippen LogP contribution is -2.22. The molecular weight excluding hydrogens is 373 g/mol. The van der Waals surface area contributed by atoms with Crippen LogP contribution in [0, 0.1) is 0 Å². The molecule has 0 unspecified atom stereocenters. The van der Waals surface area contributed by atoms with Crippen LogP contribution in [0.2, 0.25) is 15.1 Å². The molecule has 2 aromatic heterocycles. The third-order valence-electron chi connectivity index (χ3n) is 3.18. The van der Waals surface area contributed by atoms with Crippen molar-refractivity contribution in [1.29, 1.82) is 0 Å². The normalized spacial score (nSPS) is 10.5. The van der Waals surface area contributed by atoms with Crippen molar-refractivity contribution in [3.63, 3.8) is 0 Å². The Balaban J connectivity index is 0.00000208. The molecule has 0 atom stereocenters. The van der Waals surface area contributed by atoms with E-state index in [4.69, 9.17) is 34.8 Å². The average molecular weight is 387 g/mol. The van der Waals surface area contributed by atoms with E-state index in [0.29, 0.717) is 15.7 Å². The van der Waals surface area contributed by atoms with Crippen LogP contribution in [0.25, 0.3) is 5.65 Å². The van der Waals surface area contributed by atoms with Gasteiger partial charge in [-0.05, 0) is 24.3 Å². The summed E-state index contributed by atoms with van der Waals surface area (Å²) in [6.07, 6.45) is 1.40. The molecule has 0 amide bonds. The molecule has 3 aromatic rings. The van der Waals surface area contributed by atoms with Crippen LogP contribution in [0.3, 0.4) is 0 Å². The van der Waals surface area contributed by atoms with Crippen molar-refractivity contribution in [2.75, 3.05) is 5.32 Å². The number of nitrogens with one attached hydrogen (secondary N) is 1. The minimum atomic E-state index is -0.484. The number of fused-ring (bicyclic) bond motifs is 1. The Kier molecular flexibility index (Phi) is 5.72. The number of halogens is 3. The van der Waals surface area contributed by atoms with Crippen LogP contribution in [0.4, 0.5) is 11.5 Å². The molecule has 1 aromatic carbocycles. The van der Waals surface area contributed by atoms with Crippen molar-refractivity contribution in [2.45, 2.75) is 14.0 Å². The van der Waals surface area contributed by atoms with Gasteiger partial charge in [-0.25, -0.2) is 4.98 Å². The first-order valence-corrected chi connectivity index (χ1v) is 7.66. The van der Waals surface area contributed by atoms with Gasteiger partial charge in [-0.3, -0.25) is 9.20 Å². The number of benzene rings is 1. The van der Waals surface area contributed by atoms with Crippen molar-refractivity contribution < 1.29 is 5.11 Å². The van der Waals surface area contributed by atoms with Crippen LogP contribution in [0.5, 0.6) is 0 Å². The van der Waals surface area contributed by atoms with Crippen LogP contribution >= 0.6 is 34.8 Å². The number of aromatic nitrogens is 2. The van der Waals surface area contributed by atoms with E-state index in [0.717, 1.165) is 0 Å². The van der Waals surface area contributed by atoms with Gasteiger partial charge in [-0.15, -0.1) is 0 Å². The monoisotopic (exact) mass is 385 g/mol. The predicted molar refractivity (Wildman–Crippen MR) is 98.9 cm³/mol. The van der Waals surface area contributed by atoms with Crippen LogP contribution in [-0.2, 0) is 6.61 Å². The Hall–Kier alpha value is -1.79. The maximum Gasteiger partial charge on any atom is 0.265 e. The van der Waals surface area contributed by atoms with Crippen molar-refractivity contribution in [3.8, 4) is 0 Å². The lowest BCUT2D eigenvalue weighted by Gasteiger charge is -2.12. The van der Waals surface area contributed by atoms with Crippen LogP contribution < -0.4 is 10.9 Å². The second kappa shape index (κ2) is 7.40. The van der Waals surface area contributed by atoms with Gasteiger partial charge in [0.1, 0.15) is 5.82 Å². The molecule has 5 nitrogen and oxygen atoms in total. The average Bonchev–Trinajstić information content (AvgIpc) is 2.49. The molecule has 0 aliphatic heterocycles. The maximum absolute atomic E-state index is 12.5. The maximum atomic E-state index is 12.5. The summed E-state index contributed by atoms with van der Waals surface area (Å²) in [5.74, 6) is 0.212. The van der Waals surface area contributed by atoms with Gasteiger partial charge in [0, 0.05) is 16.9 Å². The summed E-state index contributed by atoms with van der Waals surface area (Å²) in [6.45, 7) is -0.484. The highest BCUT2D eigenvalue weighted by molar-refractivity contribution is 6.36. The number of nitrogens with zero attached hydrogens (tertiary/aromatic N) is 2. The Morgan fingerprint density at radius 1 is 1.17 bits per heavy atom. The van der Waals surface area contributed by atoms with Gasteiger partial charge < -0.3 is 10.4 Å². The fraction of sp³-hybridized carbons (Fsp3) is 0.125. The summed E-state index contributed by atoms with van der Waals surface area (Å²) in [5.41, 5.74) is 0.517. The minimum absolute atomic E-state index is 0. The molecule has 8 heteroatoms. The highest BCUT2D eigenvalue weighted by Crippen LogP contribution is 2.24. The summed E-state index contributed by atoms with van der Waals surface area (Å²) in [6, 6.07) is 8.41. The van der Waals surface area contributed by atoms with Gasteiger partial charge in [0.15, 0.2) is 5.65 Å². The van der Waals surface area contributed by atoms with Crippen LogP contribution in [0.1, 0.15) is 13.0 Å². The van der Waals surface area contributed by atoms with Gasteiger partial charge >= 0.3 is 0 Å². The molecule has 0 bridgehead atoms. The molecule has 0 aliphatic rings. The second-order valence-electron chi connectivity index (χ2n) is 4.74. The molecular formula is C16H14Cl3N3O2. The van der Waals surface area contributed by atoms with Gasteiger partial charge in [0.05, 0.1) is 22.2 Å². The van der Waals surface area contributed by atoms with E-state index in [9.17, 15) is 9.90 Å². The standard InChI is InChI=1S/C15H10Cl3N3O2.CH4/c16-8-2-1-3-10(4-8)19-13-11(7-22)15(23)21-6-9(17)5-12(18)14(21)20-13;/h1-6,19,22H,7H2;1H4. The SMILES string of the molecule is C.O=c1c(CO)c(Nc2cccc(Cl)c2)nc2c(Cl)cc(Cl)cn12. The molecule has 24 heavy (non-hydrogen) atoms. The lowest BCUT2D eigenvalue weighted by atomic mass is 10.2. The number of pyridine rings is 1. The first-order valence-electron chi connectivity index (χ1n) is 6.53. The molecule has 3 rings (SSSR count). The summed E-state index contributed by atoms with van der Waals surface area (Å²) in [4.78, 5) is 16.9. The largest absolute Gasteiger partial charge is 0.391 e. The highest BCUT2D eigenvalue weighted by atomic mass is 35.5. The van der Waals surface area contributed by atoms with Crippen molar-refractivity contribution in [1.82, 2.24) is 9.38 Å². The molecule has 0 spiro atoms. The molecule has 0 fully saturated rings. The van der Waals surface area contributed by atoms with Crippen LogP contribution in [0.15, 0.2) is 41.3 Å². The Bertz CT molecular complexity index is 957. The number of rotatable bonds is 3. The van der Waals surface area contributed by atoms with Gasteiger partial charge in [-0.1, -0.05) is 48.3 Å². The van der Waals surface area contributed by atoms with Crippen LogP contribution in [-0.4, -0.2) is 14.5 Å². The Labute approximate surface area is 153 Å². The first kappa shape index (κ1) is 18.5. The number of anilines is 2. The summed E-state index contributed by atoms with van der Waals surface area (Å²) in [5, 5.41) is 13.6. The fourth-order valence-corrected chi connectivity index (χ4v) is 2.86. The summed E-state index contributed by atoms with van der Waals surface area (Å²) < 4.78 is 1.21. The second-order valence-corrected chi connectivity index (χ2v) is 6.02. The Morgan fingerprint density at radius 3 is 2.58 bits per heavy atom. The van der Waals surface area contributed by atoms with E-state index < -0.39 is 12.2 Å². The zero-order valence-electron chi connectivity index (χ0n) is 11.6. The zero-order chi connectivity index (χ0) is 16.6. The number of hydrogen-bond acceptors (Lipinski definition) is 4. The van der Waals surface area contributed by atoms with Gasteiger partial charge in [0.25, 0.3) is 5.56 Å². The third-order valence-corrected chi connectivity index (χ3v) is 3.90. The van der Waals surface area contributed by atoms with E-state index in [1.165, 1.54) is 16.7 Å². The van der Waals surface area contributed by atoms with E-state index in [1.807, 2.05) is 0 Å². The molecule has 0 radical (unpaired) electrons. The Morgan fingerprint density at radius 2 is 1.92 bits per heavy atom. The van der Waals surface area contributed by atoms with E-state index in [-0.39, 0.29) is 29.5 Å². The van der Waals surface area contributed by atoms with E-state index in [2.05, 4.69) is 10.3 Å². The topological polar surface area (TPSA) is 66.6 Å². The number of hydrogen-bond donors (Lipinski definition) is 2. The zero-order valence-corrected chi connectivity index (χ0v) is 13.8. The van der Waals surface area contributed by atoms with Gasteiger partial charge in [-0.2, -0.15) is 0 Å².